The highest BCUT2D eigenvalue weighted by Gasteiger charge is 2.21. The van der Waals surface area contributed by atoms with Crippen LogP contribution in [0, 0.1) is 0 Å². The minimum atomic E-state index is -1.10. The van der Waals surface area contributed by atoms with Crippen molar-refractivity contribution in [2.45, 2.75) is 32.4 Å². The Labute approximate surface area is 118 Å². The number of aliphatic carboxylic acids is 1. The SMILES string of the molecule is C=C(CC)CC(NC(=O)OCc1ccccc1)C(=O)O. The van der Waals surface area contributed by atoms with Gasteiger partial charge in [-0.3, -0.25) is 0 Å². The molecule has 2 N–H and O–H groups in total. The van der Waals surface area contributed by atoms with Crippen LogP contribution in [0.1, 0.15) is 25.3 Å². The Morgan fingerprint density at radius 2 is 2.00 bits per heavy atom. The average molecular weight is 277 g/mol. The Morgan fingerprint density at radius 3 is 2.55 bits per heavy atom. The smallest absolute Gasteiger partial charge is 0.408 e. The molecule has 108 valence electrons. The normalized spacial score (nSPS) is 11.4. The molecule has 0 aliphatic rings. The molecule has 0 radical (unpaired) electrons. The number of carboxylic acids is 1. The molecule has 5 nitrogen and oxygen atoms in total. The molecule has 0 saturated carbocycles. The predicted octanol–water partition coefficient (Wildman–Crippen LogP) is 2.72. The third-order valence-corrected chi connectivity index (χ3v) is 2.80. The largest absolute Gasteiger partial charge is 0.480 e. The topological polar surface area (TPSA) is 75.6 Å². The summed E-state index contributed by atoms with van der Waals surface area (Å²) in [6.45, 7) is 5.73. The minimum absolute atomic E-state index is 0.105. The van der Waals surface area contributed by atoms with Crippen LogP contribution in [0.4, 0.5) is 4.79 Å². The second-order valence-electron chi connectivity index (χ2n) is 4.40. The lowest BCUT2D eigenvalue weighted by Crippen LogP contribution is -2.41. The standard InChI is InChI=1S/C15H19NO4/c1-3-11(2)9-13(14(17)18)16-15(19)20-10-12-7-5-4-6-8-12/h4-8,13H,2-3,9-10H2,1H3,(H,16,19)(H,17,18). The highest BCUT2D eigenvalue weighted by Crippen LogP contribution is 2.08. The van der Waals surface area contributed by atoms with Crippen molar-refractivity contribution in [3.63, 3.8) is 0 Å². The van der Waals surface area contributed by atoms with Crippen molar-refractivity contribution in [1.82, 2.24) is 5.32 Å². The first kappa shape index (κ1) is 15.8. The second-order valence-corrected chi connectivity index (χ2v) is 4.40. The van der Waals surface area contributed by atoms with E-state index in [9.17, 15) is 9.59 Å². The summed E-state index contributed by atoms with van der Waals surface area (Å²) in [5.74, 6) is -1.10. The van der Waals surface area contributed by atoms with Gasteiger partial charge in [0.15, 0.2) is 0 Å². The molecule has 0 aliphatic carbocycles. The Hall–Kier alpha value is -2.30. The van der Waals surface area contributed by atoms with Gasteiger partial charge in [0.1, 0.15) is 12.6 Å². The van der Waals surface area contributed by atoms with Crippen LogP contribution in [-0.2, 0) is 16.1 Å². The van der Waals surface area contributed by atoms with Gasteiger partial charge in [0, 0.05) is 0 Å². The predicted molar refractivity (Wildman–Crippen MR) is 75.2 cm³/mol. The van der Waals surface area contributed by atoms with E-state index in [0.29, 0.717) is 6.42 Å². The number of rotatable bonds is 7. The summed E-state index contributed by atoms with van der Waals surface area (Å²) in [7, 11) is 0. The first-order valence-corrected chi connectivity index (χ1v) is 6.39. The van der Waals surface area contributed by atoms with Gasteiger partial charge in [-0.15, -0.1) is 0 Å². The first-order valence-electron chi connectivity index (χ1n) is 6.39. The van der Waals surface area contributed by atoms with Gasteiger partial charge in [0.25, 0.3) is 0 Å². The lowest BCUT2D eigenvalue weighted by Gasteiger charge is -2.15. The minimum Gasteiger partial charge on any atom is -0.480 e. The molecular formula is C15H19NO4. The number of amides is 1. The highest BCUT2D eigenvalue weighted by atomic mass is 16.5. The van der Waals surface area contributed by atoms with Gasteiger partial charge in [-0.25, -0.2) is 9.59 Å². The molecule has 0 saturated heterocycles. The number of alkyl carbamates (subject to hydrolysis) is 1. The molecule has 1 aromatic carbocycles. The summed E-state index contributed by atoms with van der Waals surface area (Å²) in [4.78, 5) is 22.6. The maximum atomic E-state index is 11.6. The first-order chi connectivity index (χ1) is 9.52. The van der Waals surface area contributed by atoms with E-state index in [1.54, 1.807) is 0 Å². The zero-order valence-corrected chi connectivity index (χ0v) is 11.5. The van der Waals surface area contributed by atoms with E-state index < -0.39 is 18.1 Å². The molecule has 0 aromatic heterocycles. The van der Waals surface area contributed by atoms with Crippen LogP contribution in [0.5, 0.6) is 0 Å². The number of benzene rings is 1. The zero-order chi connectivity index (χ0) is 15.0. The van der Waals surface area contributed by atoms with Crippen molar-refractivity contribution in [3.05, 3.63) is 48.0 Å². The van der Waals surface area contributed by atoms with Crippen LogP contribution < -0.4 is 5.32 Å². The summed E-state index contributed by atoms with van der Waals surface area (Å²) in [6, 6.07) is 8.16. The summed E-state index contributed by atoms with van der Waals surface area (Å²) in [6.07, 6.45) is 0.127. The quantitative estimate of drug-likeness (QED) is 0.751. The average Bonchev–Trinajstić information content (AvgIpc) is 2.45. The number of carbonyl (C=O) groups excluding carboxylic acids is 1. The molecule has 1 rings (SSSR count). The Kier molecular flexibility index (Phi) is 6.29. The fraction of sp³-hybridized carbons (Fsp3) is 0.333. The summed E-state index contributed by atoms with van der Waals surface area (Å²) < 4.78 is 4.98. The molecule has 0 spiro atoms. The Balaban J connectivity index is 2.46. The van der Waals surface area contributed by atoms with E-state index in [1.165, 1.54) is 0 Å². The van der Waals surface area contributed by atoms with Crippen molar-refractivity contribution in [1.29, 1.82) is 0 Å². The highest BCUT2D eigenvalue weighted by molar-refractivity contribution is 5.80. The number of carboxylic acid groups (broad SMARTS) is 1. The molecule has 20 heavy (non-hydrogen) atoms. The molecule has 0 fully saturated rings. The van der Waals surface area contributed by atoms with Crippen LogP contribution in [-0.4, -0.2) is 23.2 Å². The van der Waals surface area contributed by atoms with Crippen molar-refractivity contribution in [2.24, 2.45) is 0 Å². The van der Waals surface area contributed by atoms with Gasteiger partial charge in [0.2, 0.25) is 0 Å². The maximum absolute atomic E-state index is 11.6. The van der Waals surface area contributed by atoms with Gasteiger partial charge in [-0.2, -0.15) is 0 Å². The molecule has 1 amide bonds. The fourth-order valence-corrected chi connectivity index (χ4v) is 1.54. The van der Waals surface area contributed by atoms with Crippen LogP contribution >= 0.6 is 0 Å². The maximum Gasteiger partial charge on any atom is 0.408 e. The lowest BCUT2D eigenvalue weighted by atomic mass is 10.1. The number of carbonyl (C=O) groups is 2. The van der Waals surface area contributed by atoms with Gasteiger partial charge >= 0.3 is 12.1 Å². The van der Waals surface area contributed by atoms with Crippen molar-refractivity contribution < 1.29 is 19.4 Å². The molecule has 1 atom stereocenters. The van der Waals surface area contributed by atoms with E-state index in [-0.39, 0.29) is 13.0 Å². The van der Waals surface area contributed by atoms with Gasteiger partial charge in [-0.05, 0) is 18.4 Å². The van der Waals surface area contributed by atoms with Crippen molar-refractivity contribution in [2.75, 3.05) is 0 Å². The Bertz CT molecular complexity index is 470. The van der Waals surface area contributed by atoms with Gasteiger partial charge < -0.3 is 15.2 Å². The van der Waals surface area contributed by atoms with Gasteiger partial charge in [-0.1, -0.05) is 49.4 Å². The van der Waals surface area contributed by atoms with Crippen LogP contribution in [0.25, 0.3) is 0 Å². The summed E-state index contributed by atoms with van der Waals surface area (Å²) in [5.41, 5.74) is 1.60. The molecule has 1 aromatic rings. The molecule has 0 aliphatic heterocycles. The van der Waals surface area contributed by atoms with E-state index in [0.717, 1.165) is 11.1 Å². The lowest BCUT2D eigenvalue weighted by molar-refractivity contribution is -0.139. The molecule has 0 heterocycles. The van der Waals surface area contributed by atoms with Crippen LogP contribution in [0.2, 0.25) is 0 Å². The fourth-order valence-electron chi connectivity index (χ4n) is 1.54. The number of hydrogen-bond donors (Lipinski definition) is 2. The zero-order valence-electron chi connectivity index (χ0n) is 11.5. The third kappa shape index (κ3) is 5.56. The van der Waals surface area contributed by atoms with Crippen molar-refractivity contribution in [3.8, 4) is 0 Å². The van der Waals surface area contributed by atoms with E-state index in [4.69, 9.17) is 9.84 Å². The summed E-state index contributed by atoms with van der Waals surface area (Å²) in [5, 5.41) is 11.4. The number of ether oxygens (including phenoxy) is 1. The van der Waals surface area contributed by atoms with E-state index >= 15 is 0 Å². The van der Waals surface area contributed by atoms with Crippen molar-refractivity contribution >= 4 is 12.1 Å². The number of hydrogen-bond acceptors (Lipinski definition) is 3. The summed E-state index contributed by atoms with van der Waals surface area (Å²) >= 11 is 0. The molecular weight excluding hydrogens is 258 g/mol. The third-order valence-electron chi connectivity index (χ3n) is 2.80. The molecule has 5 heteroatoms. The van der Waals surface area contributed by atoms with E-state index in [2.05, 4.69) is 11.9 Å². The monoisotopic (exact) mass is 277 g/mol. The second kappa shape index (κ2) is 7.99. The molecule has 1 unspecified atom stereocenters. The van der Waals surface area contributed by atoms with Gasteiger partial charge in [0.05, 0.1) is 0 Å². The van der Waals surface area contributed by atoms with E-state index in [1.807, 2.05) is 37.3 Å². The Morgan fingerprint density at radius 1 is 1.35 bits per heavy atom. The van der Waals surface area contributed by atoms with Crippen LogP contribution in [0.3, 0.4) is 0 Å². The number of nitrogens with one attached hydrogen (secondary N) is 1. The van der Waals surface area contributed by atoms with Crippen LogP contribution in [0.15, 0.2) is 42.5 Å². The molecule has 0 bridgehead atoms.